The molecule has 3 nitrogen and oxygen atoms in total. The molecule has 7 aromatic carbocycles. The molecule has 0 saturated carbocycles. The van der Waals surface area contributed by atoms with Gasteiger partial charge in [-0.05, 0) is 51.9 Å². The number of hydrogen-bond acceptors (Lipinski definition) is 2. The second kappa shape index (κ2) is 9.13. The third-order valence-corrected chi connectivity index (χ3v) is 11.9. The predicted molar refractivity (Wildman–Crippen MR) is 182 cm³/mol. The average Bonchev–Trinajstić information content (AvgIpc) is 3.47. The van der Waals surface area contributed by atoms with Crippen molar-refractivity contribution < 1.29 is 4.57 Å². The van der Waals surface area contributed by atoms with Crippen LogP contribution in [0.25, 0.3) is 59.9 Å². The molecule has 9 aromatic rings. The Morgan fingerprint density at radius 3 is 2.09 bits per heavy atom. The summed E-state index contributed by atoms with van der Waals surface area (Å²) < 4.78 is 18.4. The van der Waals surface area contributed by atoms with Crippen LogP contribution in [0.2, 0.25) is 0 Å². The van der Waals surface area contributed by atoms with Crippen LogP contribution in [0.4, 0.5) is 0 Å². The van der Waals surface area contributed by atoms with Crippen molar-refractivity contribution in [2.45, 2.75) is 0 Å². The van der Waals surface area contributed by atoms with Crippen LogP contribution in [0.5, 0.6) is 0 Å². The van der Waals surface area contributed by atoms with Crippen LogP contribution >= 0.6 is 7.14 Å². The molecule has 0 amide bonds. The van der Waals surface area contributed by atoms with E-state index in [1.165, 1.54) is 5.39 Å². The zero-order valence-electron chi connectivity index (χ0n) is 23.2. The van der Waals surface area contributed by atoms with E-state index in [1.54, 1.807) is 0 Å². The average molecular weight is 569 g/mol. The van der Waals surface area contributed by atoms with E-state index in [-0.39, 0.29) is 0 Å². The SMILES string of the molecule is O=P(c1ccccc1)(c1ccc2ccccc2c1)c1cccc2c3c4ccccc4ccc3c3nc4ccccc4n3c12. The lowest BCUT2D eigenvalue weighted by Crippen LogP contribution is -2.26. The Morgan fingerprint density at radius 1 is 0.512 bits per heavy atom. The molecule has 0 spiro atoms. The second-order valence-electron chi connectivity index (χ2n) is 11.1. The van der Waals surface area contributed by atoms with E-state index < -0.39 is 7.14 Å². The molecule has 2 aromatic heterocycles. The number of pyridine rings is 1. The Labute approximate surface area is 248 Å². The number of para-hydroxylation sites is 3. The highest BCUT2D eigenvalue weighted by molar-refractivity contribution is 7.85. The van der Waals surface area contributed by atoms with Gasteiger partial charge in [-0.25, -0.2) is 4.98 Å². The van der Waals surface area contributed by atoms with Gasteiger partial charge in [0.2, 0.25) is 0 Å². The van der Waals surface area contributed by atoms with Crippen LogP contribution < -0.4 is 15.9 Å². The highest BCUT2D eigenvalue weighted by atomic mass is 31.2. The van der Waals surface area contributed by atoms with E-state index >= 15 is 4.57 Å². The van der Waals surface area contributed by atoms with E-state index in [0.717, 1.165) is 70.4 Å². The van der Waals surface area contributed by atoms with Crippen molar-refractivity contribution in [3.05, 3.63) is 152 Å². The largest absolute Gasteiger partial charge is 0.309 e. The van der Waals surface area contributed by atoms with Crippen LogP contribution in [0, 0.1) is 0 Å². The van der Waals surface area contributed by atoms with Gasteiger partial charge in [-0.3, -0.25) is 4.40 Å². The number of aromatic nitrogens is 2. The van der Waals surface area contributed by atoms with Gasteiger partial charge in [0, 0.05) is 32.1 Å². The number of hydrogen-bond donors (Lipinski definition) is 0. The lowest BCUT2D eigenvalue weighted by atomic mass is 9.99. The Balaban J connectivity index is 1.54. The van der Waals surface area contributed by atoms with Crippen LogP contribution in [0.1, 0.15) is 0 Å². The minimum atomic E-state index is -3.37. The van der Waals surface area contributed by atoms with Crippen LogP contribution in [0.3, 0.4) is 0 Å². The van der Waals surface area contributed by atoms with E-state index in [9.17, 15) is 0 Å². The number of rotatable bonds is 3. The van der Waals surface area contributed by atoms with Crippen molar-refractivity contribution in [1.29, 1.82) is 0 Å². The fourth-order valence-corrected chi connectivity index (χ4v) is 9.71. The first-order valence-electron chi connectivity index (χ1n) is 14.5. The third kappa shape index (κ3) is 3.43. The van der Waals surface area contributed by atoms with E-state index in [4.69, 9.17) is 4.98 Å². The minimum Gasteiger partial charge on any atom is -0.309 e. The predicted octanol–water partition coefficient (Wildman–Crippen LogP) is 8.74. The molecular formula is C39H25N2OP. The summed E-state index contributed by atoms with van der Waals surface area (Å²) in [4.78, 5) is 5.18. The van der Waals surface area contributed by atoms with Gasteiger partial charge in [-0.15, -0.1) is 0 Å². The fraction of sp³-hybridized carbons (Fsp3) is 0. The zero-order chi connectivity index (χ0) is 28.5. The van der Waals surface area contributed by atoms with Crippen molar-refractivity contribution in [2.24, 2.45) is 0 Å². The maximum Gasteiger partial charge on any atom is 0.173 e. The first-order chi connectivity index (χ1) is 21.2. The highest BCUT2D eigenvalue weighted by Gasteiger charge is 2.33. The summed E-state index contributed by atoms with van der Waals surface area (Å²) in [5.41, 5.74) is 3.73. The van der Waals surface area contributed by atoms with Crippen molar-refractivity contribution >= 4 is 83.0 Å². The Kier molecular flexibility index (Phi) is 5.17. The molecule has 0 fully saturated rings. The zero-order valence-corrected chi connectivity index (χ0v) is 24.1. The lowest BCUT2D eigenvalue weighted by Gasteiger charge is -2.23. The van der Waals surface area contributed by atoms with Gasteiger partial charge in [-0.1, -0.05) is 121 Å². The van der Waals surface area contributed by atoms with Gasteiger partial charge >= 0.3 is 0 Å². The van der Waals surface area contributed by atoms with Crippen molar-refractivity contribution in [3.8, 4) is 0 Å². The molecule has 0 N–H and O–H groups in total. The van der Waals surface area contributed by atoms with Gasteiger partial charge < -0.3 is 4.57 Å². The molecule has 0 aliphatic carbocycles. The van der Waals surface area contributed by atoms with Gasteiger partial charge in [0.15, 0.2) is 7.14 Å². The lowest BCUT2D eigenvalue weighted by molar-refractivity contribution is 0.592. The molecular weight excluding hydrogens is 543 g/mol. The number of fused-ring (bicyclic) bond motifs is 11. The monoisotopic (exact) mass is 568 g/mol. The molecule has 9 rings (SSSR count). The number of imidazole rings is 1. The van der Waals surface area contributed by atoms with E-state index in [2.05, 4.69) is 108 Å². The first kappa shape index (κ1) is 24.4. The molecule has 0 bridgehead atoms. The molecule has 0 aliphatic heterocycles. The minimum absolute atomic E-state index is 0.813. The summed E-state index contributed by atoms with van der Waals surface area (Å²) in [5, 5.41) is 10.3. The molecule has 43 heavy (non-hydrogen) atoms. The fourth-order valence-electron chi connectivity index (χ4n) is 6.84. The molecule has 2 heterocycles. The summed E-state index contributed by atoms with van der Waals surface area (Å²) in [6, 6.07) is 51.9. The van der Waals surface area contributed by atoms with Crippen LogP contribution in [-0.4, -0.2) is 9.38 Å². The molecule has 202 valence electrons. The number of benzene rings is 7. The summed E-state index contributed by atoms with van der Waals surface area (Å²) in [6.07, 6.45) is 0. The topological polar surface area (TPSA) is 34.4 Å². The van der Waals surface area contributed by atoms with E-state index in [1.807, 2.05) is 48.5 Å². The van der Waals surface area contributed by atoms with Crippen LogP contribution in [-0.2, 0) is 4.57 Å². The first-order valence-corrected chi connectivity index (χ1v) is 16.2. The van der Waals surface area contributed by atoms with Crippen molar-refractivity contribution in [1.82, 2.24) is 9.38 Å². The summed E-state index contributed by atoms with van der Waals surface area (Å²) in [6.45, 7) is 0. The molecule has 1 atom stereocenters. The molecule has 0 aliphatic rings. The normalized spacial score (nSPS) is 13.4. The standard InChI is InChI=1S/C39H25N2OP/c42-43(29-14-2-1-3-15-29,30-23-21-26-11-4-5-13-28(26)25-30)36-20-10-17-32-37-31-16-7-6-12-27(31)22-24-33(37)39-40-34-18-8-9-19-35(34)41(39)38(32)36/h1-25H. The van der Waals surface area contributed by atoms with Crippen LogP contribution in [0.15, 0.2) is 152 Å². The summed E-state index contributed by atoms with van der Waals surface area (Å²) >= 11 is 0. The third-order valence-electron chi connectivity index (χ3n) is 8.79. The van der Waals surface area contributed by atoms with Gasteiger partial charge in [-0.2, -0.15) is 0 Å². The maximum absolute atomic E-state index is 16.1. The Hall–Kier alpha value is -5.24. The van der Waals surface area contributed by atoms with E-state index in [0.29, 0.717) is 0 Å². The molecule has 1 unspecified atom stereocenters. The summed E-state index contributed by atoms with van der Waals surface area (Å²) in [7, 11) is -3.37. The maximum atomic E-state index is 16.1. The number of nitrogens with zero attached hydrogens (tertiary/aromatic N) is 2. The molecule has 4 heteroatoms. The quantitative estimate of drug-likeness (QED) is 0.158. The summed E-state index contributed by atoms with van der Waals surface area (Å²) in [5.74, 6) is 0. The Morgan fingerprint density at radius 2 is 1.21 bits per heavy atom. The smallest absolute Gasteiger partial charge is 0.173 e. The van der Waals surface area contributed by atoms with Gasteiger partial charge in [0.25, 0.3) is 0 Å². The van der Waals surface area contributed by atoms with Gasteiger partial charge in [0.05, 0.1) is 16.6 Å². The van der Waals surface area contributed by atoms with Crippen molar-refractivity contribution in [3.63, 3.8) is 0 Å². The van der Waals surface area contributed by atoms with Gasteiger partial charge in [0.1, 0.15) is 5.65 Å². The molecule has 0 saturated heterocycles. The van der Waals surface area contributed by atoms with Crippen molar-refractivity contribution in [2.75, 3.05) is 0 Å². The Bertz CT molecular complexity index is 2600. The highest BCUT2D eigenvalue weighted by Crippen LogP contribution is 2.47. The molecule has 0 radical (unpaired) electrons. The second-order valence-corrected chi connectivity index (χ2v) is 13.9.